The Morgan fingerprint density at radius 3 is 2.52 bits per heavy atom. The van der Waals surface area contributed by atoms with Gasteiger partial charge in [-0.25, -0.2) is 13.1 Å². The fourth-order valence-electron chi connectivity index (χ4n) is 3.62. The third-order valence-corrected chi connectivity index (χ3v) is 6.88. The molecule has 23 heavy (non-hydrogen) atoms. The van der Waals surface area contributed by atoms with Gasteiger partial charge in [-0.2, -0.15) is 0 Å². The van der Waals surface area contributed by atoms with Gasteiger partial charge in [-0.3, -0.25) is 4.90 Å². The normalized spacial score (nSPS) is 27.4. The van der Waals surface area contributed by atoms with E-state index in [0.29, 0.717) is 4.90 Å². The molecule has 1 aromatic rings. The minimum Gasteiger partial charge on any atom is -0.391 e. The molecule has 2 atom stereocenters. The molecule has 1 saturated carbocycles. The van der Waals surface area contributed by atoms with E-state index >= 15 is 0 Å². The number of hydrogen-bond acceptors (Lipinski definition) is 4. The molecule has 2 N–H and O–H groups in total. The van der Waals surface area contributed by atoms with Crippen LogP contribution in [0.2, 0.25) is 0 Å². The molecule has 1 saturated heterocycles. The van der Waals surface area contributed by atoms with Gasteiger partial charge in [0.1, 0.15) is 0 Å². The monoisotopic (exact) mass is 402 g/mol. The highest BCUT2D eigenvalue weighted by atomic mass is 79.9. The lowest BCUT2D eigenvalue weighted by atomic mass is 10.0. The van der Waals surface area contributed by atoms with Gasteiger partial charge in [0.2, 0.25) is 10.0 Å². The fourth-order valence-corrected chi connectivity index (χ4v) is 5.52. The summed E-state index contributed by atoms with van der Waals surface area (Å²) in [6, 6.07) is 6.99. The first kappa shape index (κ1) is 17.4. The van der Waals surface area contributed by atoms with Crippen LogP contribution in [0, 0.1) is 0 Å². The average Bonchev–Trinajstić information content (AvgIpc) is 2.94. The van der Waals surface area contributed by atoms with Gasteiger partial charge in [0.05, 0.1) is 11.0 Å². The molecule has 0 bridgehead atoms. The van der Waals surface area contributed by atoms with Crippen LogP contribution >= 0.6 is 15.9 Å². The van der Waals surface area contributed by atoms with Crippen molar-refractivity contribution in [3.8, 4) is 0 Å². The van der Waals surface area contributed by atoms with Gasteiger partial charge in [-0.05, 0) is 50.3 Å². The minimum absolute atomic E-state index is 0.0335. The van der Waals surface area contributed by atoms with Crippen molar-refractivity contribution in [1.82, 2.24) is 9.62 Å². The molecule has 2 aliphatic rings. The Morgan fingerprint density at radius 1 is 1.17 bits per heavy atom. The van der Waals surface area contributed by atoms with Gasteiger partial charge in [0.15, 0.2) is 0 Å². The van der Waals surface area contributed by atoms with Gasteiger partial charge < -0.3 is 5.11 Å². The molecule has 1 heterocycles. The summed E-state index contributed by atoms with van der Waals surface area (Å²) in [4.78, 5) is 2.61. The van der Waals surface area contributed by atoms with E-state index in [9.17, 15) is 13.5 Å². The molecule has 1 aromatic carbocycles. The molecule has 0 radical (unpaired) electrons. The summed E-state index contributed by atoms with van der Waals surface area (Å²) in [7, 11) is -3.48. The van der Waals surface area contributed by atoms with Crippen LogP contribution in [-0.4, -0.2) is 49.7 Å². The van der Waals surface area contributed by atoms with Crippen molar-refractivity contribution >= 4 is 26.0 Å². The van der Waals surface area contributed by atoms with Gasteiger partial charge in [0, 0.05) is 29.6 Å². The Bertz CT molecular complexity index is 644. The van der Waals surface area contributed by atoms with E-state index < -0.39 is 10.0 Å². The zero-order chi connectivity index (χ0) is 16.4. The lowest BCUT2D eigenvalue weighted by Crippen LogP contribution is -2.49. The maximum Gasteiger partial charge on any atom is 0.240 e. The van der Waals surface area contributed by atoms with Crippen LogP contribution in [0.4, 0.5) is 0 Å². The average molecular weight is 403 g/mol. The van der Waals surface area contributed by atoms with Crippen molar-refractivity contribution in [3.05, 3.63) is 28.7 Å². The highest BCUT2D eigenvalue weighted by Crippen LogP contribution is 2.27. The molecule has 0 amide bonds. The maximum absolute atomic E-state index is 12.5. The Morgan fingerprint density at radius 2 is 1.91 bits per heavy atom. The number of aliphatic hydroxyl groups excluding tert-OH is 1. The summed E-state index contributed by atoms with van der Waals surface area (Å²) in [6.07, 6.45) is 4.38. The number of halogens is 1. The van der Waals surface area contributed by atoms with Crippen LogP contribution in [-0.2, 0) is 10.0 Å². The third-order valence-electron chi connectivity index (χ3n) is 4.87. The van der Waals surface area contributed by atoms with Crippen molar-refractivity contribution in [2.75, 3.05) is 13.1 Å². The number of sulfonamides is 1. The van der Waals surface area contributed by atoms with Crippen molar-refractivity contribution in [2.24, 2.45) is 0 Å². The lowest BCUT2D eigenvalue weighted by molar-refractivity contribution is 0.0545. The molecular formula is C16H23BrN2O3S. The van der Waals surface area contributed by atoms with Gasteiger partial charge in [-0.15, -0.1) is 0 Å². The molecule has 0 unspecified atom stereocenters. The Labute approximate surface area is 146 Å². The number of nitrogens with one attached hydrogen (secondary N) is 1. The second-order valence-electron chi connectivity index (χ2n) is 6.45. The first-order chi connectivity index (χ1) is 11.0. The molecule has 5 nitrogen and oxygen atoms in total. The topological polar surface area (TPSA) is 69.6 Å². The van der Waals surface area contributed by atoms with E-state index in [-0.39, 0.29) is 18.2 Å². The Hall–Kier alpha value is -0.470. The second-order valence-corrected chi connectivity index (χ2v) is 9.08. The smallest absolute Gasteiger partial charge is 0.240 e. The molecule has 0 aromatic heterocycles. The molecule has 2 fully saturated rings. The molecule has 128 valence electrons. The van der Waals surface area contributed by atoms with E-state index in [2.05, 4.69) is 25.6 Å². The van der Waals surface area contributed by atoms with Gasteiger partial charge in [-0.1, -0.05) is 22.0 Å². The fraction of sp³-hybridized carbons (Fsp3) is 0.625. The number of likely N-dealkylation sites (tertiary alicyclic amines) is 1. The van der Waals surface area contributed by atoms with E-state index in [1.165, 1.54) is 0 Å². The predicted molar refractivity (Wildman–Crippen MR) is 92.7 cm³/mol. The van der Waals surface area contributed by atoms with Gasteiger partial charge >= 0.3 is 0 Å². The molecule has 7 heteroatoms. The van der Waals surface area contributed by atoms with E-state index in [0.717, 1.165) is 49.7 Å². The zero-order valence-corrected chi connectivity index (χ0v) is 15.4. The van der Waals surface area contributed by atoms with Crippen LogP contribution < -0.4 is 4.72 Å². The van der Waals surface area contributed by atoms with Crippen LogP contribution in [0.1, 0.15) is 32.1 Å². The third kappa shape index (κ3) is 4.14. The Balaban J connectivity index is 1.58. The Kier molecular flexibility index (Phi) is 5.42. The standard InChI is InChI=1S/C16H23BrN2O3S/c17-12-3-1-4-14(11-12)23(21,22)18-13-7-9-19(10-8-13)15-5-2-6-16(15)20/h1,3-4,11,13,15-16,18,20H,2,5-10H2/t15-,16-/m0/s1. The summed E-state index contributed by atoms with van der Waals surface area (Å²) in [5.74, 6) is 0. The second kappa shape index (κ2) is 7.19. The first-order valence-corrected chi connectivity index (χ1v) is 10.4. The predicted octanol–water partition coefficient (Wildman–Crippen LogP) is 2.11. The number of benzene rings is 1. The quantitative estimate of drug-likeness (QED) is 0.808. The number of rotatable bonds is 4. The highest BCUT2D eigenvalue weighted by Gasteiger charge is 2.33. The number of aliphatic hydroxyl groups is 1. The minimum atomic E-state index is -3.48. The van der Waals surface area contributed by atoms with Crippen molar-refractivity contribution < 1.29 is 13.5 Å². The number of hydrogen-bond donors (Lipinski definition) is 2. The summed E-state index contributed by atoms with van der Waals surface area (Å²) in [6.45, 7) is 1.68. The van der Waals surface area contributed by atoms with Crippen molar-refractivity contribution in [3.63, 3.8) is 0 Å². The van der Waals surface area contributed by atoms with Crippen molar-refractivity contribution in [2.45, 2.75) is 55.2 Å². The summed E-state index contributed by atoms with van der Waals surface area (Å²) >= 11 is 3.31. The van der Waals surface area contributed by atoms with Crippen LogP contribution in [0.15, 0.2) is 33.6 Å². The molecule has 1 aliphatic heterocycles. The number of piperidine rings is 1. The number of nitrogens with zero attached hydrogens (tertiary/aromatic N) is 1. The summed E-state index contributed by atoms with van der Waals surface area (Å²) in [5.41, 5.74) is 0. The largest absolute Gasteiger partial charge is 0.391 e. The molecule has 1 aliphatic carbocycles. The van der Waals surface area contributed by atoms with Crippen LogP contribution in [0.3, 0.4) is 0 Å². The van der Waals surface area contributed by atoms with E-state index in [1.54, 1.807) is 18.2 Å². The van der Waals surface area contributed by atoms with Crippen LogP contribution in [0.25, 0.3) is 0 Å². The summed E-state index contributed by atoms with van der Waals surface area (Å²) < 4.78 is 28.5. The molecular weight excluding hydrogens is 380 g/mol. The van der Waals surface area contributed by atoms with Crippen LogP contribution in [0.5, 0.6) is 0 Å². The van der Waals surface area contributed by atoms with Gasteiger partial charge in [0.25, 0.3) is 0 Å². The van der Waals surface area contributed by atoms with E-state index in [4.69, 9.17) is 0 Å². The highest BCUT2D eigenvalue weighted by molar-refractivity contribution is 9.10. The molecule has 0 spiro atoms. The maximum atomic E-state index is 12.5. The van der Waals surface area contributed by atoms with E-state index in [1.807, 2.05) is 6.07 Å². The lowest BCUT2D eigenvalue weighted by Gasteiger charge is -2.37. The SMILES string of the molecule is O=S(=O)(NC1CCN([C@H]2CCC[C@@H]2O)CC1)c1cccc(Br)c1. The molecule has 3 rings (SSSR count). The first-order valence-electron chi connectivity index (χ1n) is 8.16. The zero-order valence-electron chi connectivity index (χ0n) is 13.0. The van der Waals surface area contributed by atoms with Crippen molar-refractivity contribution in [1.29, 1.82) is 0 Å². The summed E-state index contributed by atoms with van der Waals surface area (Å²) in [5, 5.41) is 10.0.